The van der Waals surface area contributed by atoms with Crippen molar-refractivity contribution in [3.8, 4) is 0 Å². The molecule has 1 aromatic carbocycles. The van der Waals surface area contributed by atoms with Gasteiger partial charge in [0.05, 0.1) is 25.9 Å². The van der Waals surface area contributed by atoms with Crippen LogP contribution in [0.15, 0.2) is 30.3 Å². The van der Waals surface area contributed by atoms with Crippen LogP contribution in [0.4, 0.5) is 0 Å². The van der Waals surface area contributed by atoms with Gasteiger partial charge in [-0.15, -0.1) is 0 Å². The van der Waals surface area contributed by atoms with Crippen molar-refractivity contribution in [2.75, 3.05) is 26.4 Å². The average molecular weight is 277 g/mol. The summed E-state index contributed by atoms with van der Waals surface area (Å²) in [6.45, 7) is 2.93. The van der Waals surface area contributed by atoms with Crippen LogP contribution in [-0.4, -0.2) is 53.5 Å². The van der Waals surface area contributed by atoms with Gasteiger partial charge >= 0.3 is 5.97 Å². The first-order chi connectivity index (χ1) is 9.69. The molecule has 0 radical (unpaired) electrons. The Labute approximate surface area is 118 Å². The third-order valence-electron chi connectivity index (χ3n) is 3.34. The van der Waals surface area contributed by atoms with E-state index in [0.717, 1.165) is 30.3 Å². The maximum atomic E-state index is 10.4. The molecule has 0 aromatic heterocycles. The van der Waals surface area contributed by atoms with Crippen molar-refractivity contribution >= 4 is 12.0 Å². The number of aliphatic hydroxyl groups is 1. The molecule has 0 spiro atoms. The first-order valence-corrected chi connectivity index (χ1v) is 6.61. The summed E-state index contributed by atoms with van der Waals surface area (Å²) in [5, 5.41) is 17.9. The molecule has 0 amide bonds. The molecule has 108 valence electrons. The van der Waals surface area contributed by atoms with Crippen molar-refractivity contribution in [1.29, 1.82) is 0 Å². The van der Waals surface area contributed by atoms with Gasteiger partial charge < -0.3 is 14.9 Å². The minimum Gasteiger partial charge on any atom is -0.478 e. The maximum absolute atomic E-state index is 10.4. The van der Waals surface area contributed by atoms with E-state index < -0.39 is 5.97 Å². The molecule has 20 heavy (non-hydrogen) atoms. The van der Waals surface area contributed by atoms with Crippen LogP contribution in [0.5, 0.6) is 0 Å². The Bertz CT molecular complexity index is 469. The van der Waals surface area contributed by atoms with Crippen molar-refractivity contribution in [3.63, 3.8) is 0 Å². The number of hydrogen-bond acceptors (Lipinski definition) is 4. The highest BCUT2D eigenvalue weighted by Crippen LogP contribution is 2.13. The lowest BCUT2D eigenvalue weighted by atomic mass is 10.1. The molecule has 1 saturated heterocycles. The maximum Gasteiger partial charge on any atom is 0.328 e. The molecule has 0 aliphatic carbocycles. The van der Waals surface area contributed by atoms with E-state index in [2.05, 4.69) is 4.90 Å². The minimum absolute atomic E-state index is 0.0512. The Hall–Kier alpha value is -1.69. The molecule has 1 aliphatic heterocycles. The lowest BCUT2D eigenvalue weighted by Crippen LogP contribution is -2.46. The van der Waals surface area contributed by atoms with Crippen LogP contribution in [0, 0.1) is 0 Å². The predicted molar refractivity (Wildman–Crippen MR) is 75.2 cm³/mol. The van der Waals surface area contributed by atoms with E-state index in [-0.39, 0.29) is 12.6 Å². The number of carbonyl (C=O) groups is 1. The van der Waals surface area contributed by atoms with Gasteiger partial charge in [0.25, 0.3) is 0 Å². The molecule has 1 aromatic rings. The average Bonchev–Trinajstić information content (AvgIpc) is 2.47. The van der Waals surface area contributed by atoms with Crippen molar-refractivity contribution in [3.05, 3.63) is 41.5 Å². The van der Waals surface area contributed by atoms with E-state index in [1.54, 1.807) is 6.08 Å². The second-order valence-electron chi connectivity index (χ2n) is 4.79. The molecule has 1 heterocycles. The smallest absolute Gasteiger partial charge is 0.328 e. The SMILES string of the molecule is O=C(O)/C=C/c1ccc(CN2CCOCC2CO)cc1. The van der Waals surface area contributed by atoms with Crippen molar-refractivity contribution < 1.29 is 19.7 Å². The van der Waals surface area contributed by atoms with Gasteiger partial charge in [0, 0.05) is 19.2 Å². The van der Waals surface area contributed by atoms with Crippen LogP contribution in [0.3, 0.4) is 0 Å². The first-order valence-electron chi connectivity index (χ1n) is 6.61. The fourth-order valence-electron chi connectivity index (χ4n) is 2.20. The number of aliphatic carboxylic acids is 1. The summed E-state index contributed by atoms with van der Waals surface area (Å²) in [6.07, 6.45) is 2.69. The molecule has 1 aliphatic rings. The van der Waals surface area contributed by atoms with E-state index in [1.165, 1.54) is 0 Å². The van der Waals surface area contributed by atoms with Crippen LogP contribution in [0.2, 0.25) is 0 Å². The van der Waals surface area contributed by atoms with Gasteiger partial charge in [-0.3, -0.25) is 4.90 Å². The summed E-state index contributed by atoms with van der Waals surface area (Å²) in [5.41, 5.74) is 2.00. The van der Waals surface area contributed by atoms with E-state index in [9.17, 15) is 9.90 Å². The van der Waals surface area contributed by atoms with Gasteiger partial charge in [0.1, 0.15) is 0 Å². The van der Waals surface area contributed by atoms with Gasteiger partial charge in [-0.05, 0) is 17.2 Å². The Morgan fingerprint density at radius 1 is 1.40 bits per heavy atom. The molecular weight excluding hydrogens is 258 g/mol. The van der Waals surface area contributed by atoms with E-state index in [1.807, 2.05) is 24.3 Å². The Morgan fingerprint density at radius 2 is 2.15 bits per heavy atom. The standard InChI is InChI=1S/C15H19NO4/c17-10-14-11-20-8-7-16(14)9-13-3-1-12(2-4-13)5-6-15(18)19/h1-6,14,17H,7-11H2,(H,18,19)/b6-5+. The number of nitrogens with zero attached hydrogens (tertiary/aromatic N) is 1. The largest absolute Gasteiger partial charge is 0.478 e. The second kappa shape index (κ2) is 7.19. The number of rotatable bonds is 5. The molecule has 5 heteroatoms. The van der Waals surface area contributed by atoms with Crippen LogP contribution < -0.4 is 0 Å². The molecule has 2 N–H and O–H groups in total. The summed E-state index contributed by atoms with van der Waals surface area (Å²) < 4.78 is 5.35. The van der Waals surface area contributed by atoms with E-state index in [4.69, 9.17) is 9.84 Å². The number of carboxylic acids is 1. The molecule has 5 nitrogen and oxygen atoms in total. The zero-order chi connectivity index (χ0) is 14.4. The lowest BCUT2D eigenvalue weighted by Gasteiger charge is -2.34. The monoisotopic (exact) mass is 277 g/mol. The predicted octanol–water partition coefficient (Wildman–Crippen LogP) is 0.977. The quantitative estimate of drug-likeness (QED) is 0.785. The highest BCUT2D eigenvalue weighted by molar-refractivity contribution is 5.85. The molecular formula is C15H19NO4. The van der Waals surface area contributed by atoms with E-state index >= 15 is 0 Å². The van der Waals surface area contributed by atoms with Gasteiger partial charge in [0.15, 0.2) is 0 Å². The molecule has 1 fully saturated rings. The third kappa shape index (κ3) is 4.16. The van der Waals surface area contributed by atoms with Crippen molar-refractivity contribution in [2.24, 2.45) is 0 Å². The third-order valence-corrected chi connectivity index (χ3v) is 3.34. The van der Waals surface area contributed by atoms with Gasteiger partial charge in [-0.2, -0.15) is 0 Å². The topological polar surface area (TPSA) is 70.0 Å². The number of benzene rings is 1. The van der Waals surface area contributed by atoms with Gasteiger partial charge in [0.2, 0.25) is 0 Å². The van der Waals surface area contributed by atoms with Crippen LogP contribution in [0.25, 0.3) is 6.08 Å². The molecule has 1 unspecified atom stereocenters. The van der Waals surface area contributed by atoms with E-state index in [0.29, 0.717) is 13.2 Å². The van der Waals surface area contributed by atoms with Crippen LogP contribution >= 0.6 is 0 Å². The second-order valence-corrected chi connectivity index (χ2v) is 4.79. The van der Waals surface area contributed by atoms with Gasteiger partial charge in [-0.1, -0.05) is 24.3 Å². The number of aliphatic hydroxyl groups excluding tert-OH is 1. The zero-order valence-corrected chi connectivity index (χ0v) is 11.2. The molecule has 1 atom stereocenters. The highest BCUT2D eigenvalue weighted by atomic mass is 16.5. The summed E-state index contributed by atoms with van der Waals surface area (Å²) in [5.74, 6) is -0.951. The Kier molecular flexibility index (Phi) is 5.29. The Balaban J connectivity index is 1.97. The van der Waals surface area contributed by atoms with Crippen molar-refractivity contribution in [2.45, 2.75) is 12.6 Å². The first kappa shape index (κ1) is 14.7. The zero-order valence-electron chi connectivity index (χ0n) is 11.2. The fraction of sp³-hybridized carbons (Fsp3) is 0.400. The van der Waals surface area contributed by atoms with Gasteiger partial charge in [-0.25, -0.2) is 4.79 Å². The number of hydrogen-bond donors (Lipinski definition) is 2. The number of morpholine rings is 1. The normalized spacial score (nSPS) is 20.4. The number of ether oxygens (including phenoxy) is 1. The fourth-order valence-corrected chi connectivity index (χ4v) is 2.20. The molecule has 0 bridgehead atoms. The number of carboxylic acid groups (broad SMARTS) is 1. The summed E-state index contributed by atoms with van der Waals surface area (Å²) in [6, 6.07) is 7.79. The van der Waals surface area contributed by atoms with Crippen LogP contribution in [0.1, 0.15) is 11.1 Å². The summed E-state index contributed by atoms with van der Waals surface area (Å²) in [4.78, 5) is 12.6. The molecule has 2 rings (SSSR count). The van der Waals surface area contributed by atoms with Crippen molar-refractivity contribution in [1.82, 2.24) is 4.90 Å². The summed E-state index contributed by atoms with van der Waals surface area (Å²) in [7, 11) is 0. The van der Waals surface area contributed by atoms with Crippen LogP contribution in [-0.2, 0) is 16.1 Å². The highest BCUT2D eigenvalue weighted by Gasteiger charge is 2.21. The lowest BCUT2D eigenvalue weighted by molar-refractivity contribution is -0.131. The molecule has 0 saturated carbocycles. The minimum atomic E-state index is -0.951. The summed E-state index contributed by atoms with van der Waals surface area (Å²) >= 11 is 0. The Morgan fingerprint density at radius 3 is 2.80 bits per heavy atom.